The second-order valence-corrected chi connectivity index (χ2v) is 8.71. The van der Waals surface area contributed by atoms with Crippen molar-refractivity contribution in [2.45, 2.75) is 18.7 Å². The van der Waals surface area contributed by atoms with Crippen LogP contribution in [-0.2, 0) is 14.8 Å². The smallest absolute Gasteiger partial charge is 0.268 e. The van der Waals surface area contributed by atoms with E-state index in [2.05, 4.69) is 10.9 Å². The van der Waals surface area contributed by atoms with Gasteiger partial charge in [-0.05, 0) is 35.9 Å². The zero-order chi connectivity index (χ0) is 23.9. The maximum atomic E-state index is 12.6. The van der Waals surface area contributed by atoms with Crippen LogP contribution in [0, 0.1) is 10.1 Å². The Morgan fingerprint density at radius 1 is 1.12 bits per heavy atom. The molecule has 0 unspecified atom stereocenters. The van der Waals surface area contributed by atoms with Gasteiger partial charge in [-0.15, -0.1) is 0 Å². The van der Waals surface area contributed by atoms with Gasteiger partial charge < -0.3 is 0 Å². The molecular weight excluding hydrogens is 460 g/mol. The van der Waals surface area contributed by atoms with Gasteiger partial charge in [-0.25, -0.2) is 8.42 Å². The highest BCUT2D eigenvalue weighted by atomic mass is 35.5. The van der Waals surface area contributed by atoms with Crippen LogP contribution in [0.4, 0.5) is 5.69 Å². The largest absolute Gasteiger partial charge is 0.288 e. The first kappa shape index (κ1) is 25.0. The van der Waals surface area contributed by atoms with Gasteiger partial charge in [-0.2, -0.15) is 4.31 Å². The molecule has 2 N–H and O–H groups in total. The van der Waals surface area contributed by atoms with E-state index in [9.17, 15) is 28.1 Å². The van der Waals surface area contributed by atoms with Crippen molar-refractivity contribution in [1.82, 2.24) is 15.2 Å². The quantitative estimate of drug-likeness (QED) is 0.338. The standard InChI is InChI=1S/C20H21ClN4O6S/c1-3-24(4-2)32(30,31)16-7-5-6-15(13-16)20(27)23-22-19(26)11-9-14-8-10-17(21)18(12-14)25(28)29/h5-13H,3-4H2,1-2H3,(H,22,26)(H,23,27)/b11-9+. The molecule has 0 bridgehead atoms. The molecule has 170 valence electrons. The van der Waals surface area contributed by atoms with Gasteiger partial charge in [0, 0.05) is 30.8 Å². The molecule has 0 aliphatic rings. The van der Waals surface area contributed by atoms with Crippen LogP contribution in [0.2, 0.25) is 5.02 Å². The molecule has 0 aliphatic carbocycles. The maximum absolute atomic E-state index is 12.6. The first-order valence-electron chi connectivity index (χ1n) is 9.42. The Kier molecular flexibility index (Phi) is 8.47. The van der Waals surface area contributed by atoms with Crippen molar-refractivity contribution in [3.63, 3.8) is 0 Å². The Morgan fingerprint density at radius 2 is 1.81 bits per heavy atom. The fourth-order valence-corrected chi connectivity index (χ4v) is 4.38. The lowest BCUT2D eigenvalue weighted by Gasteiger charge is -2.18. The average molecular weight is 481 g/mol. The number of nitrogens with zero attached hydrogens (tertiary/aromatic N) is 2. The van der Waals surface area contributed by atoms with Gasteiger partial charge in [0.1, 0.15) is 5.02 Å². The second-order valence-electron chi connectivity index (χ2n) is 6.36. The molecule has 0 atom stereocenters. The Labute approximate surface area is 190 Å². The number of nitrogens with one attached hydrogen (secondary N) is 2. The number of hydrazine groups is 1. The molecule has 0 radical (unpaired) electrons. The molecule has 10 nitrogen and oxygen atoms in total. The molecule has 2 rings (SSSR count). The van der Waals surface area contributed by atoms with Crippen LogP contribution in [0.15, 0.2) is 53.4 Å². The van der Waals surface area contributed by atoms with Crippen LogP contribution in [-0.4, -0.2) is 42.6 Å². The number of hydrogen-bond acceptors (Lipinski definition) is 6. The molecule has 0 spiro atoms. The van der Waals surface area contributed by atoms with Crippen molar-refractivity contribution in [3.05, 3.63) is 74.8 Å². The highest BCUT2D eigenvalue weighted by molar-refractivity contribution is 7.89. The third kappa shape index (κ3) is 6.13. The Bertz CT molecular complexity index is 1160. The normalized spacial score (nSPS) is 11.5. The monoisotopic (exact) mass is 480 g/mol. The minimum atomic E-state index is -3.74. The molecule has 2 amide bonds. The number of nitro groups is 1. The summed E-state index contributed by atoms with van der Waals surface area (Å²) < 4.78 is 26.5. The SMILES string of the molecule is CCN(CC)S(=O)(=O)c1cccc(C(=O)NNC(=O)/C=C/c2ccc(Cl)c([N+](=O)[O-])c2)c1. The summed E-state index contributed by atoms with van der Waals surface area (Å²) in [5.41, 5.74) is 4.43. The van der Waals surface area contributed by atoms with Crippen molar-refractivity contribution < 1.29 is 22.9 Å². The van der Waals surface area contributed by atoms with Gasteiger partial charge in [0.2, 0.25) is 10.0 Å². The van der Waals surface area contributed by atoms with Crippen LogP contribution >= 0.6 is 11.6 Å². The van der Waals surface area contributed by atoms with Gasteiger partial charge in [0.05, 0.1) is 9.82 Å². The van der Waals surface area contributed by atoms with E-state index in [0.717, 1.165) is 6.08 Å². The summed E-state index contributed by atoms with van der Waals surface area (Å²) >= 11 is 5.74. The average Bonchev–Trinajstić information content (AvgIpc) is 2.77. The number of carbonyl (C=O) groups is 2. The molecule has 2 aromatic rings. The van der Waals surface area contributed by atoms with Gasteiger partial charge in [0.15, 0.2) is 0 Å². The van der Waals surface area contributed by atoms with Crippen LogP contribution < -0.4 is 10.9 Å². The van der Waals surface area contributed by atoms with Crippen molar-refractivity contribution in [2.24, 2.45) is 0 Å². The van der Waals surface area contributed by atoms with E-state index >= 15 is 0 Å². The summed E-state index contributed by atoms with van der Waals surface area (Å²) in [7, 11) is -3.74. The molecule has 0 aliphatic heterocycles. The van der Waals surface area contributed by atoms with Gasteiger partial charge in [0.25, 0.3) is 17.5 Å². The summed E-state index contributed by atoms with van der Waals surface area (Å²) in [6.45, 7) is 3.99. The summed E-state index contributed by atoms with van der Waals surface area (Å²) in [5, 5.41) is 10.9. The second kappa shape index (κ2) is 10.8. The molecule has 0 fully saturated rings. The van der Waals surface area contributed by atoms with E-state index in [0.29, 0.717) is 5.56 Å². The Morgan fingerprint density at radius 3 is 2.44 bits per heavy atom. The molecule has 0 heterocycles. The lowest BCUT2D eigenvalue weighted by molar-refractivity contribution is -0.384. The molecule has 32 heavy (non-hydrogen) atoms. The number of benzene rings is 2. The molecule has 12 heteroatoms. The van der Waals surface area contributed by atoms with Gasteiger partial charge in [-0.1, -0.05) is 37.6 Å². The fourth-order valence-electron chi connectivity index (χ4n) is 2.69. The van der Waals surface area contributed by atoms with E-state index in [-0.39, 0.29) is 34.3 Å². The predicted molar refractivity (Wildman–Crippen MR) is 119 cm³/mol. The molecule has 0 saturated heterocycles. The number of halogens is 1. The highest BCUT2D eigenvalue weighted by Gasteiger charge is 2.22. The number of sulfonamides is 1. The Hall–Kier alpha value is -3.28. The van der Waals surface area contributed by atoms with Crippen LogP contribution in [0.3, 0.4) is 0 Å². The predicted octanol–water partition coefficient (Wildman–Crippen LogP) is 2.75. The summed E-state index contributed by atoms with van der Waals surface area (Å²) in [5.74, 6) is -1.42. The van der Waals surface area contributed by atoms with Crippen molar-refractivity contribution in [1.29, 1.82) is 0 Å². The number of nitro benzene ring substituents is 1. The molecule has 0 saturated carbocycles. The molecular formula is C20H21ClN4O6S. The van der Waals surface area contributed by atoms with Crippen molar-refractivity contribution >= 4 is 45.2 Å². The first-order valence-corrected chi connectivity index (χ1v) is 11.2. The van der Waals surface area contributed by atoms with E-state index in [1.165, 1.54) is 52.8 Å². The minimum absolute atomic E-state index is 0.0332. The fraction of sp³-hybridized carbons (Fsp3) is 0.200. The minimum Gasteiger partial charge on any atom is -0.268 e. The van der Waals surface area contributed by atoms with E-state index in [4.69, 9.17) is 11.6 Å². The van der Waals surface area contributed by atoms with Crippen molar-refractivity contribution in [3.8, 4) is 0 Å². The molecule has 2 aromatic carbocycles. The number of amides is 2. The summed E-state index contributed by atoms with van der Waals surface area (Å²) in [6.07, 6.45) is 2.37. The topological polar surface area (TPSA) is 139 Å². The molecule has 0 aromatic heterocycles. The van der Waals surface area contributed by atoms with Gasteiger partial charge >= 0.3 is 0 Å². The number of rotatable bonds is 8. The van der Waals surface area contributed by atoms with Gasteiger partial charge in [-0.3, -0.25) is 30.6 Å². The van der Waals surface area contributed by atoms with E-state index in [1.807, 2.05) is 0 Å². The Balaban J connectivity index is 2.05. The number of carbonyl (C=O) groups excluding carboxylic acids is 2. The maximum Gasteiger partial charge on any atom is 0.288 e. The number of hydrogen-bond donors (Lipinski definition) is 2. The first-order chi connectivity index (χ1) is 15.1. The van der Waals surface area contributed by atoms with E-state index < -0.39 is 26.8 Å². The third-order valence-corrected chi connectivity index (χ3v) is 6.70. The van der Waals surface area contributed by atoms with Crippen LogP contribution in [0.25, 0.3) is 6.08 Å². The lowest BCUT2D eigenvalue weighted by atomic mass is 10.2. The zero-order valence-corrected chi connectivity index (χ0v) is 18.8. The lowest BCUT2D eigenvalue weighted by Crippen LogP contribution is -2.40. The summed E-state index contributed by atoms with van der Waals surface area (Å²) in [6, 6.07) is 9.46. The highest BCUT2D eigenvalue weighted by Crippen LogP contribution is 2.25. The van der Waals surface area contributed by atoms with Crippen LogP contribution in [0.5, 0.6) is 0 Å². The third-order valence-electron chi connectivity index (χ3n) is 4.33. The summed E-state index contributed by atoms with van der Waals surface area (Å²) in [4.78, 5) is 34.5. The van der Waals surface area contributed by atoms with Crippen LogP contribution in [0.1, 0.15) is 29.8 Å². The van der Waals surface area contributed by atoms with E-state index in [1.54, 1.807) is 13.8 Å². The van der Waals surface area contributed by atoms with Crippen molar-refractivity contribution in [2.75, 3.05) is 13.1 Å². The zero-order valence-electron chi connectivity index (χ0n) is 17.2.